The van der Waals surface area contributed by atoms with Crippen molar-refractivity contribution in [3.05, 3.63) is 64.3 Å². The van der Waals surface area contributed by atoms with Crippen molar-refractivity contribution < 1.29 is 0 Å². The molecule has 0 unspecified atom stereocenters. The van der Waals surface area contributed by atoms with E-state index in [0.29, 0.717) is 0 Å². The minimum absolute atomic E-state index is 0.722. The highest BCUT2D eigenvalue weighted by Gasteiger charge is 2.17. The SMILES string of the molecule is Cc1ccc2c(-c3[nH]c4c(C)c(Cl)ccc4c3CCCCN)cccc2n1. The van der Waals surface area contributed by atoms with Crippen LogP contribution in [0.25, 0.3) is 33.1 Å². The Kier molecular flexibility index (Phi) is 4.90. The molecule has 0 bridgehead atoms. The molecule has 138 valence electrons. The molecule has 4 aromatic rings. The van der Waals surface area contributed by atoms with Crippen LogP contribution in [0.2, 0.25) is 5.02 Å². The van der Waals surface area contributed by atoms with E-state index in [4.69, 9.17) is 22.3 Å². The minimum atomic E-state index is 0.722. The maximum Gasteiger partial charge on any atom is 0.0711 e. The van der Waals surface area contributed by atoms with Gasteiger partial charge < -0.3 is 10.7 Å². The molecule has 27 heavy (non-hydrogen) atoms. The maximum atomic E-state index is 6.39. The van der Waals surface area contributed by atoms with E-state index >= 15 is 0 Å². The highest BCUT2D eigenvalue weighted by molar-refractivity contribution is 6.32. The fourth-order valence-corrected chi connectivity index (χ4v) is 4.00. The molecule has 4 heteroatoms. The van der Waals surface area contributed by atoms with E-state index < -0.39 is 0 Å². The van der Waals surface area contributed by atoms with E-state index in [0.717, 1.165) is 53.1 Å². The summed E-state index contributed by atoms with van der Waals surface area (Å²) < 4.78 is 0. The second-order valence-corrected chi connectivity index (χ2v) is 7.55. The number of hydrogen-bond acceptors (Lipinski definition) is 2. The van der Waals surface area contributed by atoms with Gasteiger partial charge in [0.15, 0.2) is 0 Å². The number of rotatable bonds is 5. The van der Waals surface area contributed by atoms with E-state index in [9.17, 15) is 0 Å². The van der Waals surface area contributed by atoms with Crippen LogP contribution >= 0.6 is 11.6 Å². The van der Waals surface area contributed by atoms with E-state index in [1.807, 2.05) is 13.0 Å². The van der Waals surface area contributed by atoms with Crippen LogP contribution in [0.15, 0.2) is 42.5 Å². The van der Waals surface area contributed by atoms with Gasteiger partial charge in [0, 0.05) is 27.1 Å². The summed E-state index contributed by atoms with van der Waals surface area (Å²) in [4.78, 5) is 8.38. The summed E-state index contributed by atoms with van der Waals surface area (Å²) in [5.41, 5.74) is 13.7. The number of aryl methyl sites for hydroxylation is 3. The van der Waals surface area contributed by atoms with Gasteiger partial charge in [-0.05, 0) is 69.0 Å². The molecule has 0 spiro atoms. The summed E-state index contributed by atoms with van der Waals surface area (Å²) in [5.74, 6) is 0. The largest absolute Gasteiger partial charge is 0.354 e. The maximum absolute atomic E-state index is 6.39. The van der Waals surface area contributed by atoms with Gasteiger partial charge in [0.2, 0.25) is 0 Å². The Hall–Kier alpha value is -2.36. The molecular weight excluding hydrogens is 354 g/mol. The summed E-state index contributed by atoms with van der Waals surface area (Å²) >= 11 is 6.39. The number of aromatic amines is 1. The molecule has 0 aliphatic rings. The predicted molar refractivity (Wildman–Crippen MR) is 116 cm³/mol. The molecule has 2 heterocycles. The van der Waals surface area contributed by atoms with Crippen LogP contribution in [-0.2, 0) is 6.42 Å². The van der Waals surface area contributed by atoms with E-state index in [-0.39, 0.29) is 0 Å². The quantitative estimate of drug-likeness (QED) is 0.423. The average Bonchev–Trinajstić information content (AvgIpc) is 3.03. The third kappa shape index (κ3) is 3.22. The second kappa shape index (κ2) is 7.34. The number of pyridine rings is 1. The van der Waals surface area contributed by atoms with Gasteiger partial charge in [-0.15, -0.1) is 0 Å². The Balaban J connectivity index is 1.98. The minimum Gasteiger partial charge on any atom is -0.354 e. The van der Waals surface area contributed by atoms with Crippen molar-refractivity contribution in [1.82, 2.24) is 9.97 Å². The molecule has 3 N–H and O–H groups in total. The zero-order valence-corrected chi connectivity index (χ0v) is 16.5. The van der Waals surface area contributed by atoms with E-state index in [1.165, 1.54) is 27.6 Å². The van der Waals surface area contributed by atoms with Gasteiger partial charge in [-0.3, -0.25) is 4.98 Å². The molecule has 4 rings (SSSR count). The first-order chi connectivity index (χ1) is 13.1. The normalized spacial score (nSPS) is 11.6. The van der Waals surface area contributed by atoms with Crippen LogP contribution in [0, 0.1) is 13.8 Å². The van der Waals surface area contributed by atoms with Gasteiger partial charge in [-0.1, -0.05) is 35.9 Å². The summed E-state index contributed by atoms with van der Waals surface area (Å²) in [6.07, 6.45) is 3.08. The van der Waals surface area contributed by atoms with E-state index in [2.05, 4.69) is 48.3 Å². The fraction of sp³-hybridized carbons (Fsp3) is 0.261. The molecule has 0 aliphatic heterocycles. The molecule has 0 atom stereocenters. The molecule has 0 amide bonds. The number of nitrogens with zero attached hydrogens (tertiary/aromatic N) is 1. The van der Waals surface area contributed by atoms with Gasteiger partial charge in [0.25, 0.3) is 0 Å². The van der Waals surface area contributed by atoms with Crippen LogP contribution in [0.1, 0.15) is 29.7 Å². The number of aromatic nitrogens is 2. The fourth-order valence-electron chi connectivity index (χ4n) is 3.84. The first kappa shape index (κ1) is 18.0. The van der Waals surface area contributed by atoms with Crippen LogP contribution < -0.4 is 5.73 Å². The first-order valence-corrected chi connectivity index (χ1v) is 9.84. The zero-order chi connectivity index (χ0) is 19.0. The molecule has 0 aliphatic carbocycles. The monoisotopic (exact) mass is 377 g/mol. The lowest BCUT2D eigenvalue weighted by Crippen LogP contribution is -1.99. The molecular formula is C23H24ClN3. The van der Waals surface area contributed by atoms with Crippen LogP contribution in [0.5, 0.6) is 0 Å². The number of nitrogens with two attached hydrogens (primary N) is 1. The Morgan fingerprint density at radius 2 is 1.81 bits per heavy atom. The van der Waals surface area contributed by atoms with Gasteiger partial charge in [-0.25, -0.2) is 0 Å². The number of benzene rings is 2. The van der Waals surface area contributed by atoms with Crippen molar-refractivity contribution in [2.75, 3.05) is 6.54 Å². The third-order valence-electron chi connectivity index (χ3n) is 5.30. The standard InChI is InChI=1S/C23H24ClN3/c1-14-9-10-16-17(7-5-8-21(16)26-14)23-18(6-3-4-13-25)19-11-12-20(24)15(2)22(19)27-23/h5,7-12,27H,3-4,6,13,25H2,1-2H3. The highest BCUT2D eigenvalue weighted by atomic mass is 35.5. The summed E-state index contributed by atoms with van der Waals surface area (Å²) in [7, 11) is 0. The molecule has 0 radical (unpaired) electrons. The first-order valence-electron chi connectivity index (χ1n) is 9.46. The molecule has 2 aromatic heterocycles. The van der Waals surface area contributed by atoms with Crippen molar-refractivity contribution in [3.8, 4) is 11.3 Å². The van der Waals surface area contributed by atoms with Crippen molar-refractivity contribution in [2.45, 2.75) is 33.1 Å². The highest BCUT2D eigenvalue weighted by Crippen LogP contribution is 2.37. The van der Waals surface area contributed by atoms with Gasteiger partial charge in [-0.2, -0.15) is 0 Å². The summed E-state index contributed by atoms with van der Waals surface area (Å²) in [6.45, 7) is 4.82. The zero-order valence-electron chi connectivity index (χ0n) is 15.8. The molecule has 0 saturated heterocycles. The third-order valence-corrected chi connectivity index (χ3v) is 5.71. The second-order valence-electron chi connectivity index (χ2n) is 7.14. The lowest BCUT2D eigenvalue weighted by Gasteiger charge is -2.09. The van der Waals surface area contributed by atoms with Gasteiger partial charge >= 0.3 is 0 Å². The Morgan fingerprint density at radius 1 is 1.00 bits per heavy atom. The Labute approximate surface area is 164 Å². The predicted octanol–water partition coefficient (Wildman–Crippen LogP) is 5.93. The van der Waals surface area contributed by atoms with Crippen LogP contribution in [0.3, 0.4) is 0 Å². The summed E-state index contributed by atoms with van der Waals surface area (Å²) in [6, 6.07) is 14.7. The number of fused-ring (bicyclic) bond motifs is 2. The number of halogens is 1. The van der Waals surface area contributed by atoms with Gasteiger partial charge in [0.05, 0.1) is 16.7 Å². The lowest BCUT2D eigenvalue weighted by atomic mass is 9.97. The summed E-state index contributed by atoms with van der Waals surface area (Å²) in [5, 5.41) is 3.21. The Bertz CT molecular complexity index is 1130. The van der Waals surface area contributed by atoms with E-state index in [1.54, 1.807) is 0 Å². The van der Waals surface area contributed by atoms with Crippen LogP contribution in [0.4, 0.5) is 0 Å². The van der Waals surface area contributed by atoms with Crippen molar-refractivity contribution in [3.63, 3.8) is 0 Å². The number of unbranched alkanes of at least 4 members (excludes halogenated alkanes) is 1. The number of H-pyrrole nitrogens is 1. The van der Waals surface area contributed by atoms with Crippen molar-refractivity contribution in [2.24, 2.45) is 5.73 Å². The molecule has 3 nitrogen and oxygen atoms in total. The van der Waals surface area contributed by atoms with Crippen molar-refractivity contribution in [1.29, 1.82) is 0 Å². The Morgan fingerprint density at radius 3 is 2.63 bits per heavy atom. The molecule has 2 aromatic carbocycles. The average molecular weight is 378 g/mol. The number of nitrogens with one attached hydrogen (secondary N) is 1. The smallest absolute Gasteiger partial charge is 0.0711 e. The molecule has 0 fully saturated rings. The lowest BCUT2D eigenvalue weighted by molar-refractivity contribution is 0.748. The molecule has 0 saturated carbocycles. The van der Waals surface area contributed by atoms with Crippen molar-refractivity contribution >= 4 is 33.4 Å². The number of hydrogen-bond donors (Lipinski definition) is 2. The topological polar surface area (TPSA) is 54.7 Å². The van der Waals surface area contributed by atoms with Gasteiger partial charge in [0.1, 0.15) is 0 Å². The van der Waals surface area contributed by atoms with Crippen LogP contribution in [-0.4, -0.2) is 16.5 Å².